The average Bonchev–Trinajstić information content (AvgIpc) is 3.06. The van der Waals surface area contributed by atoms with Gasteiger partial charge in [-0.3, -0.25) is 9.35 Å². The number of amides is 1. The van der Waals surface area contributed by atoms with Crippen molar-refractivity contribution in [1.82, 2.24) is 5.32 Å². The molecule has 13 heteroatoms. The number of carbonyl (C=O) groups is 1. The number of nitrogens with one attached hydrogen (secondary N) is 1. The average molecular weight is 722 g/mol. The Bertz CT molecular complexity index is 993. The van der Waals surface area contributed by atoms with E-state index < -0.39 is 59.9 Å². The summed E-state index contributed by atoms with van der Waals surface area (Å²) in [7, 11) is -5.08. The van der Waals surface area contributed by atoms with Gasteiger partial charge in [0.1, 0.15) is 24.4 Å². The lowest BCUT2D eigenvalue weighted by molar-refractivity contribution is -0.298. The first kappa shape index (κ1) is 45.6. The summed E-state index contributed by atoms with van der Waals surface area (Å²) in [4.78, 5) is 12.9. The summed E-state index contributed by atoms with van der Waals surface area (Å²) in [6.45, 7) is 3.28. The van der Waals surface area contributed by atoms with Crippen LogP contribution in [0.25, 0.3) is 0 Å². The fraction of sp³-hybridized carbons (Fsp3) is 0.861. The highest BCUT2D eigenvalue weighted by Crippen LogP contribution is 2.26. The zero-order chi connectivity index (χ0) is 36.3. The van der Waals surface area contributed by atoms with Gasteiger partial charge in [0.2, 0.25) is 5.91 Å². The molecular weight excluding hydrogens is 654 g/mol. The second-order valence-electron chi connectivity index (χ2n) is 13.2. The Kier molecular flexibility index (Phi) is 26.2. The van der Waals surface area contributed by atoms with Crippen molar-refractivity contribution in [2.75, 3.05) is 13.2 Å². The van der Waals surface area contributed by atoms with Crippen LogP contribution in [0.1, 0.15) is 142 Å². The lowest BCUT2D eigenvalue weighted by Gasteiger charge is -2.41. The number of carbonyl (C=O) groups excluding carboxylic acids is 1. The molecule has 0 spiro atoms. The number of rotatable bonds is 30. The van der Waals surface area contributed by atoms with Gasteiger partial charge < -0.3 is 35.2 Å². The molecule has 1 rings (SSSR count). The van der Waals surface area contributed by atoms with E-state index >= 15 is 0 Å². The van der Waals surface area contributed by atoms with Gasteiger partial charge in [-0.2, -0.15) is 8.42 Å². The van der Waals surface area contributed by atoms with E-state index in [0.29, 0.717) is 6.42 Å². The lowest BCUT2D eigenvalue weighted by Crippen LogP contribution is -2.61. The third-order valence-corrected chi connectivity index (χ3v) is 9.19. The van der Waals surface area contributed by atoms with Crippen molar-refractivity contribution in [3.05, 3.63) is 24.3 Å². The molecule has 7 atom stereocenters. The highest BCUT2D eigenvalue weighted by Gasteiger charge is 2.48. The molecule has 0 radical (unpaired) electrons. The Morgan fingerprint density at radius 1 is 0.796 bits per heavy atom. The third-order valence-electron chi connectivity index (χ3n) is 8.73. The van der Waals surface area contributed by atoms with Crippen LogP contribution in [0.4, 0.5) is 0 Å². The molecule has 6 N–H and O–H groups in total. The van der Waals surface area contributed by atoms with E-state index in [9.17, 15) is 33.6 Å². The summed E-state index contributed by atoms with van der Waals surface area (Å²) in [6, 6.07) is -0.942. The van der Waals surface area contributed by atoms with Crippen molar-refractivity contribution in [3.8, 4) is 0 Å². The molecule has 1 heterocycles. The fourth-order valence-corrected chi connectivity index (χ4v) is 6.23. The van der Waals surface area contributed by atoms with Crippen LogP contribution in [0.3, 0.4) is 0 Å². The van der Waals surface area contributed by atoms with E-state index in [0.717, 1.165) is 57.8 Å². The van der Waals surface area contributed by atoms with E-state index in [1.807, 2.05) is 6.08 Å². The molecule has 0 bridgehead atoms. The highest BCUT2D eigenvalue weighted by molar-refractivity contribution is 7.80. The van der Waals surface area contributed by atoms with Gasteiger partial charge in [-0.15, -0.1) is 0 Å². The molecule has 1 aliphatic rings. The molecule has 1 fully saturated rings. The van der Waals surface area contributed by atoms with Gasteiger partial charge in [0, 0.05) is 6.42 Å². The molecular formula is C36H67NO11S. The number of hydrogen-bond donors (Lipinski definition) is 6. The van der Waals surface area contributed by atoms with Crippen LogP contribution < -0.4 is 5.32 Å². The minimum atomic E-state index is -5.08. The van der Waals surface area contributed by atoms with E-state index in [2.05, 4.69) is 35.5 Å². The standard InChI is InChI=1S/C36H67NO11S/c1-3-5-7-9-11-13-15-17-19-21-23-25-30(39)29(37-32(40)26-24-22-20-18-16-14-12-10-8-6-4-2)28-46-36-34(42)35(48-49(43,44)45)33(41)31(27-38)47-36/h10,12,23,25,29-31,33-36,38-39,41-42H,3-9,11,13-22,24,26-28H2,1-2H3,(H,37,40)(H,43,44,45)/b12-10-,25-23+. The Morgan fingerprint density at radius 2 is 1.33 bits per heavy atom. The van der Waals surface area contributed by atoms with Crippen LogP contribution in [0.2, 0.25) is 0 Å². The first-order valence-corrected chi connectivity index (χ1v) is 20.1. The van der Waals surface area contributed by atoms with Crippen molar-refractivity contribution in [2.24, 2.45) is 0 Å². The Balaban J connectivity index is 2.68. The van der Waals surface area contributed by atoms with Gasteiger partial charge in [0.25, 0.3) is 0 Å². The van der Waals surface area contributed by atoms with Crippen LogP contribution in [0.15, 0.2) is 24.3 Å². The number of aliphatic hydroxyl groups is 4. The molecule has 1 amide bonds. The summed E-state index contributed by atoms with van der Waals surface area (Å²) < 4.78 is 47.2. The van der Waals surface area contributed by atoms with E-state index in [4.69, 9.17) is 14.0 Å². The Morgan fingerprint density at radius 3 is 1.90 bits per heavy atom. The maximum absolute atomic E-state index is 12.9. The lowest BCUT2D eigenvalue weighted by atomic mass is 9.99. The number of allylic oxidation sites excluding steroid dienone is 3. The largest absolute Gasteiger partial charge is 0.397 e. The smallest absolute Gasteiger partial charge is 0.394 e. The minimum Gasteiger partial charge on any atom is -0.394 e. The van der Waals surface area contributed by atoms with Crippen LogP contribution >= 0.6 is 0 Å². The zero-order valence-electron chi connectivity index (χ0n) is 30.0. The molecule has 49 heavy (non-hydrogen) atoms. The van der Waals surface area contributed by atoms with Gasteiger partial charge >= 0.3 is 10.4 Å². The van der Waals surface area contributed by atoms with E-state index in [1.165, 1.54) is 57.8 Å². The predicted molar refractivity (Wildman–Crippen MR) is 190 cm³/mol. The second-order valence-corrected chi connectivity index (χ2v) is 14.2. The molecule has 288 valence electrons. The molecule has 0 saturated carbocycles. The minimum absolute atomic E-state index is 0.258. The maximum Gasteiger partial charge on any atom is 0.397 e. The summed E-state index contributed by atoms with van der Waals surface area (Å²) in [5.74, 6) is -0.278. The first-order valence-electron chi connectivity index (χ1n) is 18.7. The van der Waals surface area contributed by atoms with Crippen LogP contribution in [-0.2, 0) is 28.9 Å². The van der Waals surface area contributed by atoms with Gasteiger partial charge in [-0.1, -0.05) is 122 Å². The van der Waals surface area contributed by atoms with Crippen molar-refractivity contribution in [3.63, 3.8) is 0 Å². The second kappa shape index (κ2) is 28.2. The molecule has 1 aliphatic heterocycles. The predicted octanol–water partition coefficient (Wildman–Crippen LogP) is 5.43. The fourth-order valence-electron chi connectivity index (χ4n) is 5.73. The SMILES string of the molecule is CCCC/C=C\CCCCCCCC(=O)NC(COC1OC(CO)C(O)C(OS(=O)(=O)O)C1O)C(O)/C=C/CCCCCCCCCCC. The maximum atomic E-state index is 12.9. The quantitative estimate of drug-likeness (QED) is 0.0315. The molecule has 0 aromatic heterocycles. The normalized spacial score (nSPS) is 23.0. The third kappa shape index (κ3) is 22.2. The highest BCUT2D eigenvalue weighted by atomic mass is 32.3. The van der Waals surface area contributed by atoms with Gasteiger partial charge in [-0.25, -0.2) is 4.18 Å². The van der Waals surface area contributed by atoms with Crippen molar-refractivity contribution < 1.29 is 51.8 Å². The Hall–Kier alpha value is -1.42. The van der Waals surface area contributed by atoms with E-state index in [1.54, 1.807) is 6.08 Å². The van der Waals surface area contributed by atoms with Gasteiger partial charge in [0.15, 0.2) is 6.29 Å². The van der Waals surface area contributed by atoms with E-state index in [-0.39, 0.29) is 18.9 Å². The molecule has 1 saturated heterocycles. The summed E-state index contributed by atoms with van der Waals surface area (Å²) in [6.07, 6.45) is 19.5. The Labute approximate surface area is 295 Å². The van der Waals surface area contributed by atoms with Crippen molar-refractivity contribution in [2.45, 2.75) is 185 Å². The van der Waals surface area contributed by atoms with Gasteiger partial charge in [0.05, 0.1) is 25.4 Å². The summed E-state index contributed by atoms with van der Waals surface area (Å²) >= 11 is 0. The first-order chi connectivity index (χ1) is 23.5. The molecule has 0 aromatic carbocycles. The van der Waals surface area contributed by atoms with Crippen molar-refractivity contribution in [1.29, 1.82) is 0 Å². The molecule has 7 unspecified atom stereocenters. The van der Waals surface area contributed by atoms with Crippen LogP contribution in [-0.4, -0.2) is 95.4 Å². The monoisotopic (exact) mass is 721 g/mol. The summed E-state index contributed by atoms with van der Waals surface area (Å²) in [5.41, 5.74) is 0. The van der Waals surface area contributed by atoms with Crippen molar-refractivity contribution >= 4 is 16.3 Å². The number of ether oxygens (including phenoxy) is 2. The van der Waals surface area contributed by atoms with Gasteiger partial charge in [-0.05, 0) is 38.5 Å². The van der Waals surface area contributed by atoms with Crippen LogP contribution in [0.5, 0.6) is 0 Å². The zero-order valence-corrected chi connectivity index (χ0v) is 30.8. The summed E-state index contributed by atoms with van der Waals surface area (Å²) in [5, 5.41) is 44.3. The number of unbranched alkanes of at least 4 members (excludes halogenated alkanes) is 16. The number of hydrogen-bond acceptors (Lipinski definition) is 10. The molecule has 0 aliphatic carbocycles. The molecule has 0 aromatic rings. The molecule has 12 nitrogen and oxygen atoms in total. The van der Waals surface area contributed by atoms with Crippen LogP contribution in [0, 0.1) is 0 Å². The number of aliphatic hydroxyl groups excluding tert-OH is 4. The topological polar surface area (TPSA) is 192 Å².